The number of aryl methyl sites for hydroxylation is 1. The van der Waals surface area contributed by atoms with Gasteiger partial charge in [0.1, 0.15) is 0 Å². The van der Waals surface area contributed by atoms with Crippen molar-refractivity contribution < 1.29 is 14.3 Å². The molecule has 4 aromatic rings. The molecule has 0 bridgehead atoms. The maximum absolute atomic E-state index is 12.5. The first-order valence-electron chi connectivity index (χ1n) is 10.1. The molecular formula is C25H22N2O3S. The van der Waals surface area contributed by atoms with Crippen LogP contribution in [0.5, 0.6) is 11.5 Å². The Morgan fingerprint density at radius 3 is 2.81 bits per heavy atom. The lowest BCUT2D eigenvalue weighted by atomic mass is 10.1. The third-order valence-electron chi connectivity index (χ3n) is 5.20. The molecule has 31 heavy (non-hydrogen) atoms. The largest absolute Gasteiger partial charge is 0.454 e. The van der Waals surface area contributed by atoms with E-state index >= 15 is 0 Å². The molecule has 1 aromatic heterocycles. The highest BCUT2D eigenvalue weighted by atomic mass is 32.2. The van der Waals surface area contributed by atoms with Crippen molar-refractivity contribution in [3.05, 3.63) is 84.1 Å². The minimum absolute atomic E-state index is 0.0561. The number of hydrogen-bond acceptors (Lipinski definition) is 4. The highest BCUT2D eigenvalue weighted by Gasteiger charge is 2.15. The number of carbonyl (C=O) groups is 1. The van der Waals surface area contributed by atoms with Crippen LogP contribution in [0.25, 0.3) is 10.9 Å². The predicted octanol–water partition coefficient (Wildman–Crippen LogP) is 5.46. The van der Waals surface area contributed by atoms with Gasteiger partial charge in [0.25, 0.3) is 0 Å². The van der Waals surface area contributed by atoms with E-state index < -0.39 is 0 Å². The van der Waals surface area contributed by atoms with Crippen LogP contribution in [-0.4, -0.2) is 23.0 Å². The summed E-state index contributed by atoms with van der Waals surface area (Å²) in [7, 11) is 0. The van der Waals surface area contributed by atoms with E-state index in [1.165, 1.54) is 16.6 Å². The Kier molecular flexibility index (Phi) is 5.30. The van der Waals surface area contributed by atoms with Crippen LogP contribution in [-0.2, 0) is 11.3 Å². The molecule has 5 nitrogen and oxygen atoms in total. The van der Waals surface area contributed by atoms with Gasteiger partial charge >= 0.3 is 0 Å². The maximum atomic E-state index is 12.5. The molecule has 0 aliphatic carbocycles. The molecule has 3 aromatic carbocycles. The Morgan fingerprint density at radius 1 is 1.03 bits per heavy atom. The molecule has 156 valence electrons. The molecule has 5 rings (SSSR count). The number of para-hydroxylation sites is 1. The highest BCUT2D eigenvalue weighted by Crippen LogP contribution is 2.34. The zero-order valence-corrected chi connectivity index (χ0v) is 17.9. The number of fused-ring (bicyclic) bond motifs is 2. The summed E-state index contributed by atoms with van der Waals surface area (Å²) < 4.78 is 12.9. The minimum Gasteiger partial charge on any atom is -0.454 e. The monoisotopic (exact) mass is 430 g/mol. The normalized spacial score (nSPS) is 12.3. The second-order valence-corrected chi connectivity index (χ2v) is 8.55. The van der Waals surface area contributed by atoms with Gasteiger partial charge in [-0.25, -0.2) is 0 Å². The van der Waals surface area contributed by atoms with E-state index in [4.69, 9.17) is 9.47 Å². The van der Waals surface area contributed by atoms with Gasteiger partial charge in [-0.2, -0.15) is 0 Å². The van der Waals surface area contributed by atoms with E-state index in [0.29, 0.717) is 22.9 Å². The molecule has 0 fully saturated rings. The number of hydrogen-bond donors (Lipinski definition) is 1. The lowest BCUT2D eigenvalue weighted by Crippen LogP contribution is -2.13. The Bertz CT molecular complexity index is 1260. The number of aromatic nitrogens is 1. The van der Waals surface area contributed by atoms with Gasteiger partial charge in [-0.3, -0.25) is 4.79 Å². The fourth-order valence-corrected chi connectivity index (χ4v) is 4.67. The van der Waals surface area contributed by atoms with Crippen molar-refractivity contribution in [1.29, 1.82) is 0 Å². The third kappa shape index (κ3) is 4.25. The molecule has 0 spiro atoms. The van der Waals surface area contributed by atoms with Crippen molar-refractivity contribution in [1.82, 2.24) is 4.57 Å². The summed E-state index contributed by atoms with van der Waals surface area (Å²) in [5, 5.41) is 4.10. The zero-order chi connectivity index (χ0) is 21.2. The average Bonchev–Trinajstić information content (AvgIpc) is 3.37. The third-order valence-corrected chi connectivity index (χ3v) is 6.25. The van der Waals surface area contributed by atoms with Crippen LogP contribution >= 0.6 is 11.8 Å². The van der Waals surface area contributed by atoms with E-state index in [2.05, 4.69) is 65.5 Å². The average molecular weight is 431 g/mol. The van der Waals surface area contributed by atoms with Crippen molar-refractivity contribution in [3.8, 4) is 11.5 Å². The predicted molar refractivity (Wildman–Crippen MR) is 124 cm³/mol. The Labute approximate surface area is 185 Å². The van der Waals surface area contributed by atoms with Gasteiger partial charge in [-0.15, -0.1) is 11.8 Å². The van der Waals surface area contributed by atoms with Crippen LogP contribution < -0.4 is 14.8 Å². The number of thioether (sulfide) groups is 1. The zero-order valence-electron chi connectivity index (χ0n) is 17.1. The van der Waals surface area contributed by atoms with Crippen LogP contribution in [0.3, 0.4) is 0 Å². The number of nitrogens with zero attached hydrogens (tertiary/aromatic N) is 1. The van der Waals surface area contributed by atoms with E-state index in [0.717, 1.165) is 16.8 Å². The molecule has 1 amide bonds. The van der Waals surface area contributed by atoms with Gasteiger partial charge in [0.2, 0.25) is 12.7 Å². The van der Waals surface area contributed by atoms with Crippen molar-refractivity contribution in [2.75, 3.05) is 17.9 Å². The highest BCUT2D eigenvalue weighted by molar-refractivity contribution is 8.00. The van der Waals surface area contributed by atoms with Gasteiger partial charge in [0.15, 0.2) is 11.5 Å². The van der Waals surface area contributed by atoms with Crippen molar-refractivity contribution in [3.63, 3.8) is 0 Å². The summed E-state index contributed by atoms with van der Waals surface area (Å²) in [6.07, 6.45) is 2.14. The van der Waals surface area contributed by atoms with Crippen molar-refractivity contribution in [2.24, 2.45) is 0 Å². The van der Waals surface area contributed by atoms with Crippen LogP contribution in [0.4, 0.5) is 5.69 Å². The van der Waals surface area contributed by atoms with Gasteiger partial charge in [0, 0.05) is 40.3 Å². The maximum Gasteiger partial charge on any atom is 0.234 e. The first kappa shape index (κ1) is 19.6. The molecular weight excluding hydrogens is 408 g/mol. The first-order valence-corrected chi connectivity index (χ1v) is 11.1. The molecule has 0 saturated heterocycles. The van der Waals surface area contributed by atoms with E-state index in [1.807, 2.05) is 18.2 Å². The van der Waals surface area contributed by atoms with Crippen molar-refractivity contribution >= 4 is 34.3 Å². The summed E-state index contributed by atoms with van der Waals surface area (Å²) in [6, 6.07) is 22.3. The van der Waals surface area contributed by atoms with E-state index in [1.54, 1.807) is 17.8 Å². The second-order valence-electron chi connectivity index (χ2n) is 7.53. The molecule has 0 unspecified atom stereocenters. The summed E-state index contributed by atoms with van der Waals surface area (Å²) in [6.45, 7) is 3.12. The quantitative estimate of drug-likeness (QED) is 0.413. The molecule has 1 aliphatic heterocycles. The first-order chi connectivity index (χ1) is 15.2. The molecule has 0 radical (unpaired) electrons. The SMILES string of the molecule is Cc1cccc(Cn2cc(SCC(=O)Nc3ccc4c(c3)OCO4)c3ccccc32)c1. The standard InChI is InChI=1S/C25H22N2O3S/c1-17-5-4-6-18(11-17)13-27-14-24(20-7-2-3-8-21(20)27)31-15-25(28)26-19-9-10-22-23(12-19)30-16-29-22/h2-12,14H,13,15-16H2,1H3,(H,26,28). The summed E-state index contributed by atoms with van der Waals surface area (Å²) in [4.78, 5) is 13.6. The van der Waals surface area contributed by atoms with Gasteiger partial charge < -0.3 is 19.4 Å². The summed E-state index contributed by atoms with van der Waals surface area (Å²) in [5.74, 6) is 1.63. The Morgan fingerprint density at radius 2 is 1.90 bits per heavy atom. The van der Waals surface area contributed by atoms with Crippen LogP contribution in [0.1, 0.15) is 11.1 Å². The number of anilines is 1. The number of nitrogens with one attached hydrogen (secondary N) is 1. The summed E-state index contributed by atoms with van der Waals surface area (Å²) >= 11 is 1.55. The molecule has 2 heterocycles. The lowest BCUT2D eigenvalue weighted by Gasteiger charge is -2.06. The molecule has 1 aliphatic rings. The molecule has 0 atom stereocenters. The summed E-state index contributed by atoms with van der Waals surface area (Å²) in [5.41, 5.74) is 4.39. The van der Waals surface area contributed by atoms with E-state index in [9.17, 15) is 4.79 Å². The van der Waals surface area contributed by atoms with Crippen molar-refractivity contribution in [2.45, 2.75) is 18.4 Å². The van der Waals surface area contributed by atoms with Gasteiger partial charge in [-0.05, 0) is 30.7 Å². The number of carbonyl (C=O) groups excluding carboxylic acids is 1. The molecule has 1 N–H and O–H groups in total. The smallest absolute Gasteiger partial charge is 0.234 e. The van der Waals surface area contributed by atoms with E-state index in [-0.39, 0.29) is 12.7 Å². The fourth-order valence-electron chi connectivity index (χ4n) is 3.78. The number of rotatable bonds is 6. The van der Waals surface area contributed by atoms with Crippen LogP contribution in [0, 0.1) is 6.92 Å². The topological polar surface area (TPSA) is 52.5 Å². The Balaban J connectivity index is 1.30. The molecule has 6 heteroatoms. The fraction of sp³-hybridized carbons (Fsp3) is 0.160. The lowest BCUT2D eigenvalue weighted by molar-refractivity contribution is -0.113. The van der Waals surface area contributed by atoms with Crippen LogP contribution in [0.15, 0.2) is 77.8 Å². The molecule has 0 saturated carbocycles. The second kappa shape index (κ2) is 8.40. The van der Waals surface area contributed by atoms with Crippen LogP contribution in [0.2, 0.25) is 0 Å². The van der Waals surface area contributed by atoms with Gasteiger partial charge in [-0.1, -0.05) is 48.0 Å². The number of ether oxygens (including phenoxy) is 2. The Hall–Kier alpha value is -3.38. The number of benzene rings is 3. The van der Waals surface area contributed by atoms with Gasteiger partial charge in [0.05, 0.1) is 5.75 Å². The minimum atomic E-state index is -0.0561. The number of amides is 1.